The number of carbonyl (C=O) groups excluding carboxylic acids is 2. The number of alkyl carbamates (subject to hydrolysis) is 1. The fraction of sp³-hybridized carbons (Fsp3) is 0.647. The van der Waals surface area contributed by atoms with Crippen LogP contribution in [0.3, 0.4) is 0 Å². The third-order valence-electron chi connectivity index (χ3n) is 3.62. The lowest BCUT2D eigenvalue weighted by Crippen LogP contribution is -2.48. The Morgan fingerprint density at radius 1 is 1.42 bits per heavy atom. The molecule has 1 aromatic heterocycles. The molecule has 0 spiro atoms. The number of thioether (sulfide) groups is 1. The van der Waals surface area contributed by atoms with Gasteiger partial charge in [0, 0.05) is 18.8 Å². The number of nitrogens with one attached hydrogen (secondary N) is 1. The Bertz CT molecular complexity index is 553. The van der Waals surface area contributed by atoms with E-state index in [1.807, 2.05) is 12.1 Å². The van der Waals surface area contributed by atoms with Crippen LogP contribution in [0.15, 0.2) is 22.8 Å². The molecule has 1 aliphatic rings. The molecule has 0 aliphatic carbocycles. The predicted octanol–water partition coefficient (Wildman–Crippen LogP) is 3.20. The maximum absolute atomic E-state index is 12.6. The lowest BCUT2D eigenvalue weighted by Gasteiger charge is -2.26. The Kier molecular flexibility index (Phi) is 6.21. The van der Waals surface area contributed by atoms with Crippen LogP contribution in [0, 0.1) is 0 Å². The van der Waals surface area contributed by atoms with Gasteiger partial charge in [-0.15, -0.1) is 11.8 Å². The van der Waals surface area contributed by atoms with Gasteiger partial charge in [0.25, 0.3) is 0 Å². The highest BCUT2D eigenvalue weighted by atomic mass is 32.2. The van der Waals surface area contributed by atoms with Gasteiger partial charge in [-0.3, -0.25) is 4.79 Å². The fourth-order valence-corrected chi connectivity index (χ4v) is 3.69. The number of hydrogen-bond acceptors (Lipinski definition) is 5. The summed E-state index contributed by atoms with van der Waals surface area (Å²) in [5, 5.41) is 2.89. The van der Waals surface area contributed by atoms with E-state index in [4.69, 9.17) is 9.15 Å². The van der Waals surface area contributed by atoms with Crippen molar-refractivity contribution in [3.63, 3.8) is 0 Å². The van der Waals surface area contributed by atoms with Crippen LogP contribution in [0.2, 0.25) is 0 Å². The summed E-state index contributed by atoms with van der Waals surface area (Å²) >= 11 is 1.80. The second-order valence-corrected chi connectivity index (χ2v) is 8.17. The quantitative estimate of drug-likeness (QED) is 0.902. The third-order valence-corrected chi connectivity index (χ3v) is 4.91. The zero-order valence-electron chi connectivity index (χ0n) is 14.7. The van der Waals surface area contributed by atoms with Crippen molar-refractivity contribution >= 4 is 23.8 Å². The molecule has 0 saturated carbocycles. The molecule has 2 amide bonds. The summed E-state index contributed by atoms with van der Waals surface area (Å²) in [7, 11) is 0. The molecule has 1 aromatic rings. The van der Waals surface area contributed by atoms with Crippen LogP contribution >= 0.6 is 11.8 Å². The van der Waals surface area contributed by atoms with Gasteiger partial charge in [-0.25, -0.2) is 4.79 Å². The van der Waals surface area contributed by atoms with Crippen LogP contribution in [0.25, 0.3) is 0 Å². The first-order valence-corrected chi connectivity index (χ1v) is 9.24. The molecule has 134 valence electrons. The van der Waals surface area contributed by atoms with E-state index in [2.05, 4.69) is 5.32 Å². The lowest BCUT2D eigenvalue weighted by molar-refractivity contribution is -0.132. The first-order valence-electron chi connectivity index (χ1n) is 8.19. The van der Waals surface area contributed by atoms with Crippen molar-refractivity contribution < 1.29 is 18.7 Å². The molecule has 2 heterocycles. The maximum atomic E-state index is 12.6. The zero-order valence-corrected chi connectivity index (χ0v) is 15.5. The van der Waals surface area contributed by atoms with Crippen LogP contribution in [0.1, 0.15) is 45.1 Å². The van der Waals surface area contributed by atoms with E-state index in [0.717, 1.165) is 17.9 Å². The van der Waals surface area contributed by atoms with Crippen LogP contribution in [0.5, 0.6) is 0 Å². The summed E-state index contributed by atoms with van der Waals surface area (Å²) in [6.45, 7) is 8.38. The molecule has 1 N–H and O–H groups in total. The van der Waals surface area contributed by atoms with Gasteiger partial charge in [-0.05, 0) is 46.2 Å². The molecule has 24 heavy (non-hydrogen) atoms. The Balaban J connectivity index is 1.86. The lowest BCUT2D eigenvalue weighted by atomic mass is 10.2. The standard InChI is InChI=1S/C17H26N2O4S/c1-12(18-16(21)23-17(2,3)4)15(20)19-8-7-14(24-11-9-19)13-6-5-10-22-13/h5-6,10,12,14H,7-9,11H2,1-4H3,(H,18,21). The summed E-state index contributed by atoms with van der Waals surface area (Å²) in [4.78, 5) is 26.2. The van der Waals surface area contributed by atoms with Crippen LogP contribution < -0.4 is 5.32 Å². The highest BCUT2D eigenvalue weighted by molar-refractivity contribution is 7.99. The number of rotatable bonds is 3. The SMILES string of the molecule is CC(NC(=O)OC(C)(C)C)C(=O)N1CCSC(c2ccco2)CC1. The zero-order chi connectivity index (χ0) is 17.7. The topological polar surface area (TPSA) is 71.8 Å². The van der Waals surface area contributed by atoms with Crippen molar-refractivity contribution in [3.8, 4) is 0 Å². The average Bonchev–Trinajstić information content (AvgIpc) is 2.89. The predicted molar refractivity (Wildman–Crippen MR) is 93.9 cm³/mol. The molecule has 0 radical (unpaired) electrons. The molecule has 1 fully saturated rings. The van der Waals surface area contributed by atoms with Crippen LogP contribution in [-0.4, -0.2) is 47.4 Å². The largest absolute Gasteiger partial charge is 0.468 e. The normalized spacial score (nSPS) is 20.2. The number of hydrogen-bond donors (Lipinski definition) is 1. The second-order valence-electron chi connectivity index (χ2n) is 6.86. The maximum Gasteiger partial charge on any atom is 0.408 e. The molecule has 1 saturated heterocycles. The molecule has 0 aromatic carbocycles. The molecule has 6 nitrogen and oxygen atoms in total. The first-order chi connectivity index (χ1) is 11.3. The van der Waals surface area contributed by atoms with Crippen molar-refractivity contribution in [2.75, 3.05) is 18.8 Å². The van der Waals surface area contributed by atoms with Crippen LogP contribution in [0.4, 0.5) is 4.79 Å². The van der Waals surface area contributed by atoms with Gasteiger partial charge in [-0.2, -0.15) is 0 Å². The third kappa shape index (κ3) is 5.47. The molecular weight excluding hydrogens is 328 g/mol. The Morgan fingerprint density at radius 2 is 2.17 bits per heavy atom. The highest BCUT2D eigenvalue weighted by Crippen LogP contribution is 2.34. The second kappa shape index (κ2) is 7.96. The number of nitrogens with zero attached hydrogens (tertiary/aromatic N) is 1. The minimum absolute atomic E-state index is 0.0819. The van der Waals surface area contributed by atoms with Gasteiger partial charge >= 0.3 is 6.09 Å². The van der Waals surface area contributed by atoms with Crippen LogP contribution in [-0.2, 0) is 9.53 Å². The van der Waals surface area contributed by atoms with Crippen molar-refractivity contribution in [3.05, 3.63) is 24.2 Å². The fourth-order valence-electron chi connectivity index (χ4n) is 2.51. The summed E-state index contributed by atoms with van der Waals surface area (Å²) in [6, 6.07) is 3.25. The van der Waals surface area contributed by atoms with Gasteiger partial charge < -0.3 is 19.4 Å². The van der Waals surface area contributed by atoms with E-state index >= 15 is 0 Å². The van der Waals surface area contributed by atoms with E-state index in [9.17, 15) is 9.59 Å². The summed E-state index contributed by atoms with van der Waals surface area (Å²) < 4.78 is 10.7. The summed E-state index contributed by atoms with van der Waals surface area (Å²) in [6.07, 6.45) is 1.94. The number of amides is 2. The van der Waals surface area contributed by atoms with E-state index in [1.165, 1.54) is 0 Å². The molecule has 2 unspecified atom stereocenters. The molecular formula is C17H26N2O4S. The van der Waals surface area contributed by atoms with E-state index in [0.29, 0.717) is 13.1 Å². The molecule has 1 aliphatic heterocycles. The molecule has 7 heteroatoms. The minimum atomic E-state index is -0.606. The first kappa shape index (κ1) is 18.7. The van der Waals surface area contributed by atoms with Gasteiger partial charge in [-0.1, -0.05) is 0 Å². The number of furan rings is 1. The van der Waals surface area contributed by atoms with E-state index in [-0.39, 0.29) is 11.2 Å². The summed E-state index contributed by atoms with van der Waals surface area (Å²) in [5.74, 6) is 1.71. The highest BCUT2D eigenvalue weighted by Gasteiger charge is 2.28. The Morgan fingerprint density at radius 3 is 2.79 bits per heavy atom. The molecule has 2 rings (SSSR count). The van der Waals surface area contributed by atoms with Crippen molar-refractivity contribution in [2.24, 2.45) is 0 Å². The van der Waals surface area contributed by atoms with Gasteiger partial charge in [0.05, 0.1) is 11.5 Å². The molecule has 2 atom stereocenters. The Hall–Kier alpha value is -1.63. The Labute approximate surface area is 147 Å². The monoisotopic (exact) mass is 354 g/mol. The van der Waals surface area contributed by atoms with Gasteiger partial charge in [0.15, 0.2) is 0 Å². The van der Waals surface area contributed by atoms with Crippen molar-refractivity contribution in [1.29, 1.82) is 0 Å². The molecule has 0 bridgehead atoms. The van der Waals surface area contributed by atoms with Crippen molar-refractivity contribution in [1.82, 2.24) is 10.2 Å². The number of carbonyl (C=O) groups is 2. The smallest absolute Gasteiger partial charge is 0.408 e. The summed E-state index contributed by atoms with van der Waals surface area (Å²) in [5.41, 5.74) is -0.581. The van der Waals surface area contributed by atoms with Gasteiger partial charge in [0.1, 0.15) is 17.4 Å². The average molecular weight is 354 g/mol. The van der Waals surface area contributed by atoms with Crippen molar-refractivity contribution in [2.45, 2.75) is 51.0 Å². The van der Waals surface area contributed by atoms with E-state index < -0.39 is 17.7 Å². The number of ether oxygens (including phenoxy) is 1. The minimum Gasteiger partial charge on any atom is -0.468 e. The van der Waals surface area contributed by atoms with Gasteiger partial charge in [0.2, 0.25) is 5.91 Å². The van der Waals surface area contributed by atoms with E-state index in [1.54, 1.807) is 50.6 Å².